The van der Waals surface area contributed by atoms with Crippen LogP contribution in [0.15, 0.2) is 0 Å². The first-order valence-electron chi connectivity index (χ1n) is 6.56. The van der Waals surface area contributed by atoms with Gasteiger partial charge in [-0.3, -0.25) is 9.59 Å². The smallest absolute Gasteiger partial charge is 0.303 e. The molecule has 1 amide bonds. The van der Waals surface area contributed by atoms with Crippen molar-refractivity contribution in [3.8, 4) is 0 Å². The Morgan fingerprint density at radius 3 is 2.71 bits per heavy atom. The van der Waals surface area contributed by atoms with Crippen LogP contribution in [-0.4, -0.2) is 23.5 Å². The Morgan fingerprint density at radius 1 is 1.29 bits per heavy atom. The van der Waals surface area contributed by atoms with Gasteiger partial charge in [-0.15, -0.1) is 0 Å². The highest BCUT2D eigenvalue weighted by atomic mass is 16.4. The van der Waals surface area contributed by atoms with Crippen LogP contribution < -0.4 is 5.32 Å². The lowest BCUT2D eigenvalue weighted by Gasteiger charge is -2.26. The van der Waals surface area contributed by atoms with Crippen molar-refractivity contribution in [1.29, 1.82) is 0 Å². The second kappa shape index (κ2) is 7.30. The van der Waals surface area contributed by atoms with E-state index in [4.69, 9.17) is 5.11 Å². The maximum absolute atomic E-state index is 11.3. The zero-order valence-corrected chi connectivity index (χ0v) is 10.6. The molecule has 2 atom stereocenters. The monoisotopic (exact) mass is 241 g/mol. The molecular weight excluding hydrogens is 218 g/mol. The fourth-order valence-corrected chi connectivity index (χ4v) is 2.55. The van der Waals surface area contributed by atoms with Crippen molar-refractivity contribution in [3.63, 3.8) is 0 Å². The van der Waals surface area contributed by atoms with Gasteiger partial charge in [0, 0.05) is 13.0 Å². The van der Waals surface area contributed by atoms with Crippen LogP contribution in [0.4, 0.5) is 0 Å². The summed E-state index contributed by atoms with van der Waals surface area (Å²) in [6.45, 7) is 2.98. The SMILES string of the molecule is CC1CCCC(CCNC(=O)CCC(=O)O)C1. The summed E-state index contributed by atoms with van der Waals surface area (Å²) in [6.07, 6.45) is 6.23. The number of rotatable bonds is 6. The van der Waals surface area contributed by atoms with E-state index < -0.39 is 5.97 Å². The van der Waals surface area contributed by atoms with Crippen LogP contribution in [0.25, 0.3) is 0 Å². The molecule has 1 rings (SSSR count). The molecule has 1 saturated carbocycles. The Labute approximate surface area is 103 Å². The Balaban J connectivity index is 2.06. The summed E-state index contributed by atoms with van der Waals surface area (Å²) < 4.78 is 0. The number of carbonyl (C=O) groups is 2. The standard InChI is InChI=1S/C13H23NO3/c1-10-3-2-4-11(9-10)7-8-14-12(15)5-6-13(16)17/h10-11H,2-9H2,1H3,(H,14,15)(H,16,17). The molecule has 0 aliphatic heterocycles. The minimum absolute atomic E-state index is 0.0771. The molecule has 1 aliphatic carbocycles. The van der Waals surface area contributed by atoms with Crippen molar-refractivity contribution >= 4 is 11.9 Å². The first kappa shape index (κ1) is 14.0. The molecule has 0 aromatic heterocycles. The Kier molecular flexibility index (Phi) is 6.01. The Hall–Kier alpha value is -1.06. The molecular formula is C13H23NO3. The maximum Gasteiger partial charge on any atom is 0.303 e. The van der Waals surface area contributed by atoms with E-state index in [1.54, 1.807) is 0 Å². The second-order valence-electron chi connectivity index (χ2n) is 5.17. The van der Waals surface area contributed by atoms with Gasteiger partial charge in [-0.1, -0.05) is 26.2 Å². The van der Waals surface area contributed by atoms with Gasteiger partial charge in [-0.25, -0.2) is 0 Å². The van der Waals surface area contributed by atoms with Crippen LogP contribution in [0, 0.1) is 11.8 Å². The van der Waals surface area contributed by atoms with Crippen LogP contribution >= 0.6 is 0 Å². The van der Waals surface area contributed by atoms with Crippen molar-refractivity contribution < 1.29 is 14.7 Å². The van der Waals surface area contributed by atoms with Crippen molar-refractivity contribution in [2.45, 2.75) is 51.9 Å². The first-order valence-corrected chi connectivity index (χ1v) is 6.56. The minimum atomic E-state index is -0.916. The van der Waals surface area contributed by atoms with Crippen molar-refractivity contribution in [2.75, 3.05) is 6.54 Å². The fraction of sp³-hybridized carbons (Fsp3) is 0.846. The average Bonchev–Trinajstić information content (AvgIpc) is 2.26. The van der Waals surface area contributed by atoms with E-state index in [0.717, 1.165) is 18.3 Å². The predicted octanol–water partition coefficient (Wildman–Crippen LogP) is 2.18. The third-order valence-corrected chi connectivity index (χ3v) is 3.49. The summed E-state index contributed by atoms with van der Waals surface area (Å²) in [5.41, 5.74) is 0. The van der Waals surface area contributed by atoms with Gasteiger partial charge < -0.3 is 10.4 Å². The lowest BCUT2D eigenvalue weighted by atomic mass is 9.81. The number of hydrogen-bond donors (Lipinski definition) is 2. The lowest BCUT2D eigenvalue weighted by molar-refractivity contribution is -0.138. The average molecular weight is 241 g/mol. The molecule has 0 radical (unpaired) electrons. The van der Waals surface area contributed by atoms with Crippen molar-refractivity contribution in [2.24, 2.45) is 11.8 Å². The van der Waals surface area contributed by atoms with Gasteiger partial charge in [0.1, 0.15) is 0 Å². The van der Waals surface area contributed by atoms with Crippen LogP contribution in [-0.2, 0) is 9.59 Å². The molecule has 4 nitrogen and oxygen atoms in total. The Bertz CT molecular complexity index is 265. The lowest BCUT2D eigenvalue weighted by Crippen LogP contribution is -2.27. The molecule has 2 N–H and O–H groups in total. The summed E-state index contributed by atoms with van der Waals surface area (Å²) in [6, 6.07) is 0. The van der Waals surface area contributed by atoms with Gasteiger partial charge in [-0.2, -0.15) is 0 Å². The van der Waals surface area contributed by atoms with Crippen LogP contribution in [0.1, 0.15) is 51.9 Å². The zero-order chi connectivity index (χ0) is 12.7. The molecule has 0 spiro atoms. The summed E-state index contributed by atoms with van der Waals surface area (Å²) in [4.78, 5) is 21.6. The number of carboxylic acids is 1. The third-order valence-electron chi connectivity index (χ3n) is 3.49. The quantitative estimate of drug-likeness (QED) is 0.749. The van der Waals surface area contributed by atoms with Crippen LogP contribution in [0.3, 0.4) is 0 Å². The fourth-order valence-electron chi connectivity index (χ4n) is 2.55. The van der Waals surface area contributed by atoms with E-state index in [2.05, 4.69) is 12.2 Å². The molecule has 1 fully saturated rings. The normalized spacial score (nSPS) is 24.3. The Morgan fingerprint density at radius 2 is 2.06 bits per heavy atom. The highest BCUT2D eigenvalue weighted by Crippen LogP contribution is 2.30. The van der Waals surface area contributed by atoms with Crippen LogP contribution in [0.5, 0.6) is 0 Å². The number of amides is 1. The summed E-state index contributed by atoms with van der Waals surface area (Å²) >= 11 is 0. The predicted molar refractivity (Wildman–Crippen MR) is 65.6 cm³/mol. The summed E-state index contributed by atoms with van der Waals surface area (Å²) in [7, 11) is 0. The summed E-state index contributed by atoms with van der Waals surface area (Å²) in [5.74, 6) is 0.493. The largest absolute Gasteiger partial charge is 0.481 e. The van der Waals surface area contributed by atoms with Crippen molar-refractivity contribution in [1.82, 2.24) is 5.32 Å². The highest BCUT2D eigenvalue weighted by Gasteiger charge is 2.18. The highest BCUT2D eigenvalue weighted by molar-refractivity contribution is 5.80. The zero-order valence-electron chi connectivity index (χ0n) is 10.6. The molecule has 0 aromatic rings. The van der Waals surface area contributed by atoms with Gasteiger partial charge in [0.05, 0.1) is 6.42 Å². The van der Waals surface area contributed by atoms with Crippen molar-refractivity contribution in [3.05, 3.63) is 0 Å². The number of hydrogen-bond acceptors (Lipinski definition) is 2. The van der Waals surface area contributed by atoms with E-state index in [1.807, 2.05) is 0 Å². The molecule has 2 unspecified atom stereocenters. The minimum Gasteiger partial charge on any atom is -0.481 e. The molecule has 0 aromatic carbocycles. The van der Waals surface area contributed by atoms with E-state index in [-0.39, 0.29) is 18.7 Å². The molecule has 4 heteroatoms. The van der Waals surface area contributed by atoms with E-state index in [0.29, 0.717) is 6.54 Å². The van der Waals surface area contributed by atoms with Gasteiger partial charge in [0.25, 0.3) is 0 Å². The van der Waals surface area contributed by atoms with Crippen LogP contribution in [0.2, 0.25) is 0 Å². The number of carboxylic acid groups (broad SMARTS) is 1. The maximum atomic E-state index is 11.3. The van der Waals surface area contributed by atoms with E-state index >= 15 is 0 Å². The molecule has 0 bridgehead atoms. The first-order chi connectivity index (χ1) is 8.08. The van der Waals surface area contributed by atoms with Gasteiger partial charge in [-0.05, 0) is 24.7 Å². The number of aliphatic carboxylic acids is 1. The molecule has 98 valence electrons. The topological polar surface area (TPSA) is 66.4 Å². The number of carbonyl (C=O) groups excluding carboxylic acids is 1. The third kappa shape index (κ3) is 6.29. The molecule has 1 aliphatic rings. The molecule has 0 heterocycles. The second-order valence-corrected chi connectivity index (χ2v) is 5.17. The molecule has 17 heavy (non-hydrogen) atoms. The summed E-state index contributed by atoms with van der Waals surface area (Å²) in [5, 5.41) is 11.2. The van der Waals surface area contributed by atoms with Gasteiger partial charge in [0.15, 0.2) is 0 Å². The van der Waals surface area contributed by atoms with E-state index in [9.17, 15) is 9.59 Å². The molecule has 0 saturated heterocycles. The number of nitrogens with one attached hydrogen (secondary N) is 1. The van der Waals surface area contributed by atoms with Gasteiger partial charge in [0.2, 0.25) is 5.91 Å². The van der Waals surface area contributed by atoms with E-state index in [1.165, 1.54) is 25.7 Å². The van der Waals surface area contributed by atoms with Gasteiger partial charge >= 0.3 is 5.97 Å².